The molecule has 0 aromatic heterocycles. The van der Waals surface area contributed by atoms with E-state index in [9.17, 15) is 8.42 Å². The smallest absolute Gasteiger partial charge is 0.240 e. The lowest BCUT2D eigenvalue weighted by Crippen LogP contribution is -2.39. The van der Waals surface area contributed by atoms with Crippen molar-refractivity contribution in [3.8, 4) is 11.8 Å². The summed E-state index contributed by atoms with van der Waals surface area (Å²) in [6, 6.07) is 6.57. The van der Waals surface area contributed by atoms with Crippen molar-refractivity contribution in [2.75, 3.05) is 6.61 Å². The van der Waals surface area contributed by atoms with Gasteiger partial charge in [0.05, 0.1) is 11.5 Å². The Kier molecular flexibility index (Phi) is 4.59. The fraction of sp³-hybridized carbons (Fsp3) is 0.429. The molecule has 1 aromatic rings. The van der Waals surface area contributed by atoms with Crippen LogP contribution in [0.15, 0.2) is 29.2 Å². The van der Waals surface area contributed by atoms with Gasteiger partial charge in [0.15, 0.2) is 0 Å². The summed E-state index contributed by atoms with van der Waals surface area (Å²) in [5.74, 6) is 5.66. The lowest BCUT2D eigenvalue weighted by molar-refractivity contribution is 0.305. The van der Waals surface area contributed by atoms with Crippen LogP contribution in [0.25, 0.3) is 0 Å². The highest BCUT2D eigenvalue weighted by molar-refractivity contribution is 7.89. The fourth-order valence-electron chi connectivity index (χ4n) is 1.75. The van der Waals surface area contributed by atoms with E-state index in [4.69, 9.17) is 5.11 Å². The SMILES string of the molecule is O=S(=O)(NC1CCC1)c1ccc(C#CCCO)cc1. The number of hydrogen-bond donors (Lipinski definition) is 2. The molecule has 2 rings (SSSR count). The second kappa shape index (κ2) is 6.20. The summed E-state index contributed by atoms with van der Waals surface area (Å²) in [6.07, 6.45) is 3.35. The van der Waals surface area contributed by atoms with Crippen LogP contribution in [-0.2, 0) is 10.0 Å². The van der Waals surface area contributed by atoms with Gasteiger partial charge in [-0.25, -0.2) is 13.1 Å². The molecular weight excluding hydrogens is 262 g/mol. The molecule has 19 heavy (non-hydrogen) atoms. The molecule has 0 atom stereocenters. The zero-order valence-corrected chi connectivity index (χ0v) is 11.4. The van der Waals surface area contributed by atoms with Gasteiger partial charge in [-0.3, -0.25) is 0 Å². The topological polar surface area (TPSA) is 66.4 Å². The first kappa shape index (κ1) is 14.1. The summed E-state index contributed by atoms with van der Waals surface area (Å²) in [4.78, 5) is 0.270. The Hall–Kier alpha value is -1.35. The second-order valence-electron chi connectivity index (χ2n) is 4.55. The molecule has 4 nitrogen and oxygen atoms in total. The highest BCUT2D eigenvalue weighted by Gasteiger charge is 2.24. The molecule has 0 spiro atoms. The Morgan fingerprint density at radius 1 is 1.26 bits per heavy atom. The van der Waals surface area contributed by atoms with E-state index in [1.807, 2.05) is 0 Å². The Bertz CT molecular complexity index is 577. The van der Waals surface area contributed by atoms with E-state index in [2.05, 4.69) is 16.6 Å². The average Bonchev–Trinajstić information content (AvgIpc) is 2.35. The van der Waals surface area contributed by atoms with Crippen LogP contribution in [0.5, 0.6) is 0 Å². The first-order chi connectivity index (χ1) is 9.12. The molecule has 0 unspecified atom stereocenters. The molecule has 5 heteroatoms. The predicted molar refractivity (Wildman–Crippen MR) is 73.0 cm³/mol. The van der Waals surface area contributed by atoms with Gasteiger partial charge in [-0.1, -0.05) is 18.3 Å². The number of sulfonamides is 1. The standard InChI is InChI=1S/C14H17NO3S/c16-11-2-1-4-12-7-9-14(10-8-12)19(17,18)15-13-5-3-6-13/h7-10,13,15-16H,2-3,5-6,11H2. The molecule has 1 aliphatic rings. The van der Waals surface area contributed by atoms with Crippen LogP contribution in [0.1, 0.15) is 31.2 Å². The van der Waals surface area contributed by atoms with Crippen molar-refractivity contribution in [3.05, 3.63) is 29.8 Å². The molecule has 102 valence electrons. The largest absolute Gasteiger partial charge is 0.395 e. The summed E-state index contributed by atoms with van der Waals surface area (Å²) in [5, 5.41) is 8.62. The van der Waals surface area contributed by atoms with E-state index in [-0.39, 0.29) is 17.5 Å². The lowest BCUT2D eigenvalue weighted by atomic mass is 9.94. The Balaban J connectivity index is 2.07. The fourth-order valence-corrected chi connectivity index (χ4v) is 3.06. The highest BCUT2D eigenvalue weighted by atomic mass is 32.2. The van der Waals surface area contributed by atoms with Crippen LogP contribution in [0.2, 0.25) is 0 Å². The minimum atomic E-state index is -3.40. The molecule has 1 aliphatic carbocycles. The minimum Gasteiger partial charge on any atom is -0.395 e. The van der Waals surface area contributed by atoms with Crippen LogP contribution < -0.4 is 4.72 Å². The molecule has 0 aliphatic heterocycles. The van der Waals surface area contributed by atoms with Gasteiger partial charge in [0.2, 0.25) is 10.0 Å². The quantitative estimate of drug-likeness (QED) is 0.815. The normalized spacial score (nSPS) is 15.4. The molecule has 0 amide bonds. The van der Waals surface area contributed by atoms with E-state index in [0.29, 0.717) is 6.42 Å². The lowest BCUT2D eigenvalue weighted by Gasteiger charge is -2.26. The predicted octanol–water partition coefficient (Wildman–Crippen LogP) is 1.25. The van der Waals surface area contributed by atoms with Gasteiger partial charge in [0, 0.05) is 18.0 Å². The van der Waals surface area contributed by atoms with Gasteiger partial charge >= 0.3 is 0 Å². The molecule has 0 saturated heterocycles. The van der Waals surface area contributed by atoms with E-state index >= 15 is 0 Å². The zero-order chi connectivity index (χ0) is 13.7. The molecular formula is C14H17NO3S. The number of nitrogens with one attached hydrogen (secondary N) is 1. The molecule has 1 saturated carbocycles. The van der Waals surface area contributed by atoms with Gasteiger partial charge in [0.1, 0.15) is 0 Å². The number of aliphatic hydroxyl groups is 1. The highest BCUT2D eigenvalue weighted by Crippen LogP contribution is 2.21. The van der Waals surface area contributed by atoms with Crippen molar-refractivity contribution in [1.29, 1.82) is 0 Å². The molecule has 2 N–H and O–H groups in total. The summed E-state index contributed by atoms with van der Waals surface area (Å²) >= 11 is 0. The summed E-state index contributed by atoms with van der Waals surface area (Å²) in [6.45, 7) is 0.0325. The van der Waals surface area contributed by atoms with Crippen molar-refractivity contribution in [3.63, 3.8) is 0 Å². The molecule has 0 radical (unpaired) electrons. The van der Waals surface area contributed by atoms with Gasteiger partial charge < -0.3 is 5.11 Å². The van der Waals surface area contributed by atoms with Crippen LogP contribution in [0, 0.1) is 11.8 Å². The molecule has 1 aromatic carbocycles. The van der Waals surface area contributed by atoms with Gasteiger partial charge in [-0.05, 0) is 37.1 Å². The van der Waals surface area contributed by atoms with Crippen LogP contribution >= 0.6 is 0 Å². The van der Waals surface area contributed by atoms with E-state index in [1.165, 1.54) is 0 Å². The number of aliphatic hydroxyl groups excluding tert-OH is 1. The van der Waals surface area contributed by atoms with Crippen LogP contribution in [0.3, 0.4) is 0 Å². The van der Waals surface area contributed by atoms with E-state index in [0.717, 1.165) is 24.8 Å². The monoisotopic (exact) mass is 279 g/mol. The van der Waals surface area contributed by atoms with Crippen LogP contribution in [0.4, 0.5) is 0 Å². The maximum atomic E-state index is 12.0. The Labute approximate surface area is 113 Å². The third-order valence-corrected chi connectivity index (χ3v) is 4.60. The number of rotatable bonds is 4. The molecule has 0 bridgehead atoms. The summed E-state index contributed by atoms with van der Waals surface area (Å²) < 4.78 is 26.7. The number of benzene rings is 1. The van der Waals surface area contributed by atoms with Crippen molar-refractivity contribution in [1.82, 2.24) is 4.72 Å². The molecule has 1 fully saturated rings. The van der Waals surface area contributed by atoms with Crippen molar-refractivity contribution < 1.29 is 13.5 Å². The Morgan fingerprint density at radius 3 is 2.47 bits per heavy atom. The minimum absolute atomic E-state index is 0.0325. The van der Waals surface area contributed by atoms with Gasteiger partial charge in [-0.15, -0.1) is 0 Å². The summed E-state index contributed by atoms with van der Waals surface area (Å²) in [7, 11) is -3.40. The second-order valence-corrected chi connectivity index (χ2v) is 6.26. The third kappa shape index (κ3) is 3.80. The maximum Gasteiger partial charge on any atom is 0.240 e. The summed E-state index contributed by atoms with van der Waals surface area (Å²) in [5.41, 5.74) is 0.746. The van der Waals surface area contributed by atoms with Crippen LogP contribution in [-0.4, -0.2) is 26.2 Å². The van der Waals surface area contributed by atoms with Gasteiger partial charge in [-0.2, -0.15) is 0 Å². The third-order valence-electron chi connectivity index (χ3n) is 3.06. The van der Waals surface area contributed by atoms with E-state index in [1.54, 1.807) is 24.3 Å². The van der Waals surface area contributed by atoms with Gasteiger partial charge in [0.25, 0.3) is 0 Å². The maximum absolute atomic E-state index is 12.0. The van der Waals surface area contributed by atoms with Crippen molar-refractivity contribution in [2.45, 2.75) is 36.6 Å². The first-order valence-corrected chi connectivity index (χ1v) is 7.82. The van der Waals surface area contributed by atoms with Crippen molar-refractivity contribution >= 4 is 10.0 Å². The van der Waals surface area contributed by atoms with E-state index < -0.39 is 10.0 Å². The number of hydrogen-bond acceptors (Lipinski definition) is 3. The molecule has 0 heterocycles. The van der Waals surface area contributed by atoms with Crippen molar-refractivity contribution in [2.24, 2.45) is 0 Å². The average molecular weight is 279 g/mol. The zero-order valence-electron chi connectivity index (χ0n) is 10.6. The Morgan fingerprint density at radius 2 is 1.95 bits per heavy atom. The first-order valence-electron chi connectivity index (χ1n) is 6.34.